The number of carbonyl (C=O) groups excluding carboxylic acids is 1. The first-order chi connectivity index (χ1) is 16.0. The molecule has 0 spiro atoms. The predicted octanol–water partition coefficient (Wildman–Crippen LogP) is 4.08. The van der Waals surface area contributed by atoms with Gasteiger partial charge in [0.25, 0.3) is 0 Å². The van der Waals surface area contributed by atoms with Crippen LogP contribution in [-0.2, 0) is 21.6 Å². The minimum atomic E-state index is -1.75. The smallest absolute Gasteiger partial charge is 0.347 e. The summed E-state index contributed by atoms with van der Waals surface area (Å²) in [5, 5.41) is 11.7. The molecule has 5 rings (SSSR count). The van der Waals surface area contributed by atoms with Gasteiger partial charge in [-0.1, -0.05) is 54.6 Å². The average molecular weight is 444 g/mol. The fourth-order valence-electron chi connectivity index (χ4n) is 5.64. The number of ether oxygens (including phenoxy) is 1. The summed E-state index contributed by atoms with van der Waals surface area (Å²) < 4.78 is 6.77. The van der Waals surface area contributed by atoms with Gasteiger partial charge in [0.05, 0.1) is 20.1 Å². The lowest BCUT2D eigenvalue weighted by atomic mass is 9.91. The molecule has 2 atom stereocenters. The van der Waals surface area contributed by atoms with Crippen molar-refractivity contribution in [3.63, 3.8) is 0 Å². The maximum atomic E-state index is 13.4. The quantitative estimate of drug-likeness (QED) is 0.442. The van der Waals surface area contributed by atoms with Crippen LogP contribution in [0, 0.1) is 0 Å². The van der Waals surface area contributed by atoms with E-state index in [1.54, 1.807) is 6.20 Å². The second-order valence-electron chi connectivity index (χ2n) is 9.59. The summed E-state index contributed by atoms with van der Waals surface area (Å²) in [7, 11) is 2.27. The lowest BCUT2D eigenvalue weighted by Gasteiger charge is -2.36. The average Bonchev–Trinajstić information content (AvgIpc) is 3.34. The highest BCUT2D eigenvalue weighted by Gasteiger charge is 2.50. The first-order valence-corrected chi connectivity index (χ1v) is 11.8. The third-order valence-corrected chi connectivity index (χ3v) is 7.57. The summed E-state index contributed by atoms with van der Waals surface area (Å²) in [6.45, 7) is 2.45. The Hall–Kier alpha value is -3.02. The van der Waals surface area contributed by atoms with E-state index in [0.717, 1.165) is 54.4 Å². The van der Waals surface area contributed by atoms with E-state index in [0.29, 0.717) is 17.7 Å². The van der Waals surface area contributed by atoms with Gasteiger partial charge in [-0.15, -0.1) is 0 Å². The van der Waals surface area contributed by atoms with E-state index in [2.05, 4.69) is 18.1 Å². The van der Waals surface area contributed by atoms with Crippen molar-refractivity contribution in [3.05, 3.63) is 89.7 Å². The van der Waals surface area contributed by atoms with Gasteiger partial charge in [-0.2, -0.15) is 0 Å². The number of esters is 1. The molecule has 2 aliphatic rings. The molecule has 1 aromatic heterocycles. The zero-order valence-corrected chi connectivity index (χ0v) is 19.1. The molecule has 0 amide bonds. The molecule has 0 bridgehead atoms. The number of aromatic nitrogens is 1. The van der Waals surface area contributed by atoms with Crippen LogP contribution in [0.25, 0.3) is 11.1 Å². The molecule has 33 heavy (non-hydrogen) atoms. The van der Waals surface area contributed by atoms with Crippen LogP contribution in [-0.4, -0.2) is 53.3 Å². The second-order valence-corrected chi connectivity index (χ2v) is 9.59. The van der Waals surface area contributed by atoms with Gasteiger partial charge >= 0.3 is 5.97 Å². The van der Waals surface area contributed by atoms with Crippen LogP contribution in [0.1, 0.15) is 36.0 Å². The van der Waals surface area contributed by atoms with Gasteiger partial charge in [-0.3, -0.25) is 4.98 Å². The third-order valence-electron chi connectivity index (χ3n) is 7.57. The van der Waals surface area contributed by atoms with Crippen LogP contribution in [0.15, 0.2) is 73.1 Å². The number of aryl methyl sites for hydroxylation is 1. The first kappa shape index (κ1) is 21.8. The Morgan fingerprint density at radius 3 is 2.45 bits per heavy atom. The van der Waals surface area contributed by atoms with E-state index in [9.17, 15) is 9.90 Å². The van der Waals surface area contributed by atoms with Gasteiger partial charge in [0.2, 0.25) is 5.60 Å². The lowest BCUT2D eigenvalue weighted by molar-refractivity contribution is -0.921. The summed E-state index contributed by atoms with van der Waals surface area (Å²) in [6, 6.07) is 19.5. The Bertz CT molecular complexity index is 1100. The molecule has 1 aliphatic heterocycles. The van der Waals surface area contributed by atoms with Crippen LogP contribution in [0.5, 0.6) is 0 Å². The normalized spacial score (nSPS) is 22.5. The van der Waals surface area contributed by atoms with Gasteiger partial charge in [0.15, 0.2) is 0 Å². The number of aliphatic hydroxyl groups is 1. The lowest BCUT2D eigenvalue weighted by Crippen LogP contribution is -2.51. The van der Waals surface area contributed by atoms with Crippen molar-refractivity contribution in [2.75, 3.05) is 26.7 Å². The van der Waals surface area contributed by atoms with Gasteiger partial charge in [-0.05, 0) is 29.2 Å². The standard InChI is InChI=1S/C28H31N2O3/c1-30(17-7-10-21-9-6-16-29-19-21)18-8-11-22(30)20-33-27(31)28(32)25-14-4-2-12-23(25)24-13-3-5-15-26(24)28/h2-6,9,12-16,19,22,32H,7-8,10-11,17-18,20H2,1H3/q+1/t22-,30?/m1/s1. The molecule has 2 aromatic carbocycles. The number of carbonyl (C=O) groups is 1. The Morgan fingerprint density at radius 1 is 1.09 bits per heavy atom. The number of nitrogens with zero attached hydrogens (tertiary/aromatic N) is 2. The highest BCUT2D eigenvalue weighted by atomic mass is 16.6. The third kappa shape index (κ3) is 3.85. The molecular formula is C28H31N2O3+. The number of likely N-dealkylation sites (tertiary alicyclic amines) is 1. The molecule has 1 aliphatic carbocycles. The summed E-state index contributed by atoms with van der Waals surface area (Å²) >= 11 is 0. The van der Waals surface area contributed by atoms with Crippen LogP contribution in [0.3, 0.4) is 0 Å². The van der Waals surface area contributed by atoms with Crippen molar-refractivity contribution in [3.8, 4) is 11.1 Å². The molecule has 5 heteroatoms. The van der Waals surface area contributed by atoms with Crippen molar-refractivity contribution >= 4 is 5.97 Å². The van der Waals surface area contributed by atoms with Gasteiger partial charge in [-0.25, -0.2) is 4.79 Å². The van der Waals surface area contributed by atoms with E-state index >= 15 is 0 Å². The highest BCUT2D eigenvalue weighted by Crippen LogP contribution is 2.48. The van der Waals surface area contributed by atoms with E-state index in [-0.39, 0.29) is 6.04 Å². The van der Waals surface area contributed by atoms with E-state index in [1.807, 2.05) is 60.8 Å². The number of pyridine rings is 1. The molecule has 2 heterocycles. The maximum Gasteiger partial charge on any atom is 0.347 e. The molecular weight excluding hydrogens is 412 g/mol. The molecule has 1 saturated heterocycles. The Labute approximate surface area is 195 Å². The molecule has 0 radical (unpaired) electrons. The van der Waals surface area contributed by atoms with E-state index < -0.39 is 11.6 Å². The molecule has 1 unspecified atom stereocenters. The number of benzene rings is 2. The number of rotatable bonds is 7. The minimum Gasteiger partial charge on any atom is -0.457 e. The molecule has 3 aromatic rings. The molecule has 170 valence electrons. The molecule has 5 nitrogen and oxygen atoms in total. The molecule has 1 N–H and O–H groups in total. The Balaban J connectivity index is 1.27. The van der Waals surface area contributed by atoms with E-state index in [1.165, 1.54) is 5.56 Å². The second kappa shape index (κ2) is 8.73. The van der Waals surface area contributed by atoms with Crippen molar-refractivity contribution < 1.29 is 19.1 Å². The van der Waals surface area contributed by atoms with Crippen molar-refractivity contribution in [2.45, 2.75) is 37.3 Å². The summed E-state index contributed by atoms with van der Waals surface area (Å²) in [4.78, 5) is 17.6. The fourth-order valence-corrected chi connectivity index (χ4v) is 5.64. The highest BCUT2D eigenvalue weighted by molar-refractivity contribution is 5.96. The largest absolute Gasteiger partial charge is 0.457 e. The zero-order valence-electron chi connectivity index (χ0n) is 19.1. The Kier molecular flexibility index (Phi) is 5.77. The number of quaternary nitrogens is 1. The number of hydrogen-bond acceptors (Lipinski definition) is 4. The van der Waals surface area contributed by atoms with Crippen molar-refractivity contribution in [2.24, 2.45) is 0 Å². The van der Waals surface area contributed by atoms with Gasteiger partial charge in [0.1, 0.15) is 12.6 Å². The summed E-state index contributed by atoms with van der Waals surface area (Å²) in [5.41, 5.74) is 2.50. The first-order valence-electron chi connectivity index (χ1n) is 11.8. The number of hydrogen-bond donors (Lipinski definition) is 1. The van der Waals surface area contributed by atoms with Crippen LogP contribution in [0.4, 0.5) is 0 Å². The molecule has 0 saturated carbocycles. The Morgan fingerprint density at radius 2 is 1.79 bits per heavy atom. The number of fused-ring (bicyclic) bond motifs is 3. The zero-order chi connectivity index (χ0) is 22.9. The van der Waals surface area contributed by atoms with Crippen molar-refractivity contribution in [1.82, 2.24) is 4.98 Å². The fraction of sp³-hybridized carbons (Fsp3) is 0.357. The van der Waals surface area contributed by atoms with Gasteiger partial charge in [0, 0.05) is 42.8 Å². The van der Waals surface area contributed by atoms with Crippen LogP contribution >= 0.6 is 0 Å². The minimum absolute atomic E-state index is 0.248. The topological polar surface area (TPSA) is 59.4 Å². The van der Waals surface area contributed by atoms with Gasteiger partial charge < -0.3 is 14.3 Å². The SMILES string of the molecule is C[N+]1(CCCc2cccnc2)CCC[C@@H]1COC(=O)C1(O)c2ccccc2-c2ccccc21. The van der Waals surface area contributed by atoms with E-state index in [4.69, 9.17) is 4.74 Å². The van der Waals surface area contributed by atoms with Crippen molar-refractivity contribution in [1.29, 1.82) is 0 Å². The predicted molar refractivity (Wildman–Crippen MR) is 127 cm³/mol. The summed E-state index contributed by atoms with van der Waals surface area (Å²) in [6.07, 6.45) is 7.96. The van der Waals surface area contributed by atoms with Crippen LogP contribution in [0.2, 0.25) is 0 Å². The maximum absolute atomic E-state index is 13.4. The molecule has 1 fully saturated rings. The van der Waals surface area contributed by atoms with Crippen LogP contribution < -0.4 is 0 Å². The summed E-state index contributed by atoms with van der Waals surface area (Å²) in [5.74, 6) is -0.575. The number of likely N-dealkylation sites (N-methyl/N-ethyl adjacent to an activating group) is 1. The monoisotopic (exact) mass is 443 g/mol.